The van der Waals surface area contributed by atoms with Gasteiger partial charge in [0, 0.05) is 17.4 Å². The van der Waals surface area contributed by atoms with Gasteiger partial charge in [-0.2, -0.15) is 0 Å². The lowest BCUT2D eigenvalue weighted by atomic mass is 9.93. The number of ether oxygens (including phenoxy) is 1. The Morgan fingerprint density at radius 1 is 1.14 bits per heavy atom. The van der Waals surface area contributed by atoms with Gasteiger partial charge in [0.1, 0.15) is 11.6 Å². The van der Waals surface area contributed by atoms with Crippen molar-refractivity contribution in [2.45, 2.75) is 56.9 Å². The highest BCUT2D eigenvalue weighted by atomic mass is 32.2. The summed E-state index contributed by atoms with van der Waals surface area (Å²) in [5.41, 5.74) is 3.36. The quantitative estimate of drug-likeness (QED) is 0.615. The minimum atomic E-state index is -0.000679. The van der Waals surface area contributed by atoms with E-state index in [9.17, 15) is 4.79 Å². The van der Waals surface area contributed by atoms with Gasteiger partial charge in [0.05, 0.1) is 5.75 Å². The van der Waals surface area contributed by atoms with E-state index in [2.05, 4.69) is 20.3 Å². The fourth-order valence-corrected chi connectivity index (χ4v) is 4.18. The van der Waals surface area contributed by atoms with Crippen LogP contribution in [0, 0.1) is 13.8 Å². The van der Waals surface area contributed by atoms with E-state index in [1.54, 1.807) is 0 Å². The van der Waals surface area contributed by atoms with E-state index in [0.29, 0.717) is 17.0 Å². The zero-order chi connectivity index (χ0) is 20.2. The number of oxazole rings is 1. The number of fused-ring (bicyclic) bond motifs is 1. The molecule has 2 aromatic heterocycles. The largest absolute Gasteiger partial charge is 0.460 e. The third-order valence-corrected chi connectivity index (χ3v) is 5.70. The maximum atomic E-state index is 12.3. The molecule has 1 aliphatic carbocycles. The number of para-hydroxylation sites is 2. The summed E-state index contributed by atoms with van der Waals surface area (Å²) in [6.45, 7) is 3.87. The lowest BCUT2D eigenvalue weighted by Gasteiger charge is -2.28. The van der Waals surface area contributed by atoms with Crippen LogP contribution in [0.4, 0.5) is 0 Å². The zero-order valence-electron chi connectivity index (χ0n) is 16.6. The first-order chi connectivity index (χ1) is 14.0. The number of aryl methyl sites for hydroxylation is 2. The van der Waals surface area contributed by atoms with Crippen molar-refractivity contribution >= 4 is 28.8 Å². The third kappa shape index (κ3) is 5.26. The number of carbonyl (C=O) groups is 1. The number of aromatic nitrogens is 3. The molecule has 1 fully saturated rings. The molecule has 0 atom stereocenters. The summed E-state index contributed by atoms with van der Waals surface area (Å²) < 4.78 is 11.6. The SMILES string of the molecule is Cc1cc(C)nc(OC2CCC(NC(=O)CSc3nc4ccccc4o3)CC2)n1. The van der Waals surface area contributed by atoms with Crippen LogP contribution >= 0.6 is 11.8 Å². The Labute approximate surface area is 173 Å². The molecule has 0 unspecified atom stereocenters. The molecule has 152 valence electrons. The predicted molar refractivity (Wildman–Crippen MR) is 111 cm³/mol. The van der Waals surface area contributed by atoms with Gasteiger partial charge in [0.15, 0.2) is 5.58 Å². The van der Waals surface area contributed by atoms with Crippen LogP contribution in [0.3, 0.4) is 0 Å². The topological polar surface area (TPSA) is 90.1 Å². The molecule has 0 spiro atoms. The molecule has 7 nitrogen and oxygen atoms in total. The van der Waals surface area contributed by atoms with Gasteiger partial charge >= 0.3 is 6.01 Å². The molecular weight excluding hydrogens is 388 g/mol. The Morgan fingerprint density at radius 2 is 1.86 bits per heavy atom. The first kappa shape index (κ1) is 19.7. The summed E-state index contributed by atoms with van der Waals surface area (Å²) in [7, 11) is 0. The van der Waals surface area contributed by atoms with Crippen LogP contribution in [-0.2, 0) is 4.79 Å². The van der Waals surface area contributed by atoms with E-state index in [-0.39, 0.29) is 18.1 Å². The summed E-state index contributed by atoms with van der Waals surface area (Å²) in [6, 6.07) is 10.1. The first-order valence-electron chi connectivity index (χ1n) is 9.82. The van der Waals surface area contributed by atoms with Crippen LogP contribution in [0.25, 0.3) is 11.1 Å². The number of benzene rings is 1. The molecule has 29 heavy (non-hydrogen) atoms. The first-order valence-corrected chi connectivity index (χ1v) is 10.8. The Bertz CT molecular complexity index is 945. The molecule has 1 saturated carbocycles. The van der Waals surface area contributed by atoms with E-state index in [0.717, 1.165) is 48.2 Å². The molecule has 0 saturated heterocycles. The molecule has 0 aliphatic heterocycles. The molecule has 1 N–H and O–H groups in total. The second kappa shape index (κ2) is 8.82. The Balaban J connectivity index is 1.21. The highest BCUT2D eigenvalue weighted by Gasteiger charge is 2.24. The number of thioether (sulfide) groups is 1. The fraction of sp³-hybridized carbons (Fsp3) is 0.429. The number of amides is 1. The van der Waals surface area contributed by atoms with Crippen molar-refractivity contribution in [3.8, 4) is 6.01 Å². The van der Waals surface area contributed by atoms with Gasteiger partial charge in [-0.15, -0.1) is 0 Å². The van der Waals surface area contributed by atoms with Crippen LogP contribution < -0.4 is 10.1 Å². The molecule has 8 heteroatoms. The summed E-state index contributed by atoms with van der Waals surface area (Å²) in [5.74, 6) is 0.291. The lowest BCUT2D eigenvalue weighted by molar-refractivity contribution is -0.119. The van der Waals surface area contributed by atoms with Gasteiger partial charge in [-0.25, -0.2) is 15.0 Å². The smallest absolute Gasteiger partial charge is 0.317 e. The highest BCUT2D eigenvalue weighted by Crippen LogP contribution is 2.25. The molecule has 4 rings (SSSR count). The van der Waals surface area contributed by atoms with Crippen molar-refractivity contribution in [2.24, 2.45) is 0 Å². The maximum Gasteiger partial charge on any atom is 0.317 e. The predicted octanol–water partition coefficient (Wildman–Crippen LogP) is 3.83. The number of rotatable bonds is 6. The molecule has 1 aromatic carbocycles. The standard InChI is InChI=1S/C21H24N4O3S/c1-13-11-14(2)23-20(22-13)27-16-9-7-15(8-10-16)24-19(26)12-29-21-25-17-5-3-4-6-18(17)28-21/h3-6,11,15-16H,7-10,12H2,1-2H3,(H,24,26). The van der Waals surface area contributed by atoms with E-state index < -0.39 is 0 Å². The lowest BCUT2D eigenvalue weighted by Crippen LogP contribution is -2.40. The van der Waals surface area contributed by atoms with Gasteiger partial charge in [0.2, 0.25) is 5.91 Å². The van der Waals surface area contributed by atoms with Gasteiger partial charge < -0.3 is 14.5 Å². The molecule has 0 bridgehead atoms. The highest BCUT2D eigenvalue weighted by molar-refractivity contribution is 7.99. The van der Waals surface area contributed by atoms with Crippen molar-refractivity contribution in [1.82, 2.24) is 20.3 Å². The van der Waals surface area contributed by atoms with Crippen LogP contribution in [0.15, 0.2) is 40.0 Å². The molecule has 1 amide bonds. The Kier molecular flexibility index (Phi) is 5.99. The average Bonchev–Trinajstić information content (AvgIpc) is 3.10. The summed E-state index contributed by atoms with van der Waals surface area (Å²) in [4.78, 5) is 25.4. The normalized spacial score (nSPS) is 19.2. The summed E-state index contributed by atoms with van der Waals surface area (Å²) >= 11 is 1.32. The van der Waals surface area contributed by atoms with Gasteiger partial charge in [0.25, 0.3) is 5.22 Å². The summed E-state index contributed by atoms with van der Waals surface area (Å²) in [5, 5.41) is 3.63. The van der Waals surface area contributed by atoms with E-state index in [1.807, 2.05) is 44.2 Å². The summed E-state index contributed by atoms with van der Waals surface area (Å²) in [6.07, 6.45) is 3.61. The molecule has 0 radical (unpaired) electrons. The minimum Gasteiger partial charge on any atom is -0.460 e. The number of hydrogen-bond donors (Lipinski definition) is 1. The number of nitrogens with zero attached hydrogens (tertiary/aromatic N) is 3. The van der Waals surface area contributed by atoms with E-state index in [1.165, 1.54) is 11.8 Å². The van der Waals surface area contributed by atoms with Crippen LogP contribution in [0.5, 0.6) is 6.01 Å². The average molecular weight is 413 g/mol. The molecule has 3 aromatic rings. The van der Waals surface area contributed by atoms with Gasteiger partial charge in [-0.05, 0) is 57.7 Å². The Morgan fingerprint density at radius 3 is 2.59 bits per heavy atom. The van der Waals surface area contributed by atoms with Crippen molar-refractivity contribution in [3.05, 3.63) is 41.7 Å². The van der Waals surface area contributed by atoms with Crippen molar-refractivity contribution < 1.29 is 13.9 Å². The molecule has 2 heterocycles. The zero-order valence-corrected chi connectivity index (χ0v) is 17.4. The van der Waals surface area contributed by atoms with E-state index in [4.69, 9.17) is 9.15 Å². The fourth-order valence-electron chi connectivity index (χ4n) is 3.53. The third-order valence-electron chi connectivity index (χ3n) is 4.87. The van der Waals surface area contributed by atoms with Crippen molar-refractivity contribution in [2.75, 3.05) is 5.75 Å². The number of hydrogen-bond acceptors (Lipinski definition) is 7. The molecule has 1 aliphatic rings. The van der Waals surface area contributed by atoms with E-state index >= 15 is 0 Å². The Hall–Kier alpha value is -2.61. The van der Waals surface area contributed by atoms with Crippen LogP contribution in [0.1, 0.15) is 37.1 Å². The minimum absolute atomic E-state index is 0.000679. The van der Waals surface area contributed by atoms with Crippen molar-refractivity contribution in [3.63, 3.8) is 0 Å². The number of nitrogens with one attached hydrogen (secondary N) is 1. The van der Waals surface area contributed by atoms with Gasteiger partial charge in [-0.3, -0.25) is 4.79 Å². The van der Waals surface area contributed by atoms with Gasteiger partial charge in [-0.1, -0.05) is 23.9 Å². The maximum absolute atomic E-state index is 12.3. The monoisotopic (exact) mass is 412 g/mol. The van der Waals surface area contributed by atoms with Crippen molar-refractivity contribution in [1.29, 1.82) is 0 Å². The van der Waals surface area contributed by atoms with Crippen LogP contribution in [-0.4, -0.2) is 38.8 Å². The number of carbonyl (C=O) groups excluding carboxylic acids is 1. The van der Waals surface area contributed by atoms with Crippen LogP contribution in [0.2, 0.25) is 0 Å². The second-order valence-electron chi connectivity index (χ2n) is 7.33. The molecular formula is C21H24N4O3S. The second-order valence-corrected chi connectivity index (χ2v) is 8.26.